The first-order chi connectivity index (χ1) is 16.8. The van der Waals surface area contributed by atoms with E-state index in [-0.39, 0.29) is 34.4 Å². The third-order valence-corrected chi connectivity index (χ3v) is 6.23. The van der Waals surface area contributed by atoms with E-state index in [1.807, 2.05) is 13.8 Å². The van der Waals surface area contributed by atoms with Crippen molar-refractivity contribution in [2.75, 3.05) is 13.2 Å². The Balaban J connectivity index is 1.84. The molecule has 2 N–H and O–H groups in total. The molecule has 0 bridgehead atoms. The maximum Gasteiger partial charge on any atom is 0.227 e. The lowest BCUT2D eigenvalue weighted by Crippen LogP contribution is -2.29. The van der Waals surface area contributed by atoms with Crippen molar-refractivity contribution < 1.29 is 14.2 Å². The van der Waals surface area contributed by atoms with Gasteiger partial charge in [0.1, 0.15) is 18.1 Å². The first-order valence-corrected chi connectivity index (χ1v) is 12.4. The summed E-state index contributed by atoms with van der Waals surface area (Å²) in [6.07, 6.45) is 1.12. The van der Waals surface area contributed by atoms with E-state index < -0.39 is 11.3 Å². The zero-order valence-electron chi connectivity index (χ0n) is 20.5. The van der Waals surface area contributed by atoms with Crippen LogP contribution in [0.1, 0.15) is 39.0 Å². The van der Waals surface area contributed by atoms with Crippen LogP contribution in [0.15, 0.2) is 29.2 Å². The summed E-state index contributed by atoms with van der Waals surface area (Å²) in [6.45, 7) is 9.53. The molecule has 10 heteroatoms. The van der Waals surface area contributed by atoms with Crippen molar-refractivity contribution in [3.63, 3.8) is 0 Å². The summed E-state index contributed by atoms with van der Waals surface area (Å²) in [4.78, 5) is 17.4. The number of hydrogen-bond acceptors (Lipinski definition) is 6. The van der Waals surface area contributed by atoms with Gasteiger partial charge in [-0.05, 0) is 46.8 Å². The molecule has 1 aliphatic heterocycles. The van der Waals surface area contributed by atoms with Crippen molar-refractivity contribution in [3.8, 4) is 23.4 Å². The van der Waals surface area contributed by atoms with E-state index in [9.17, 15) is 4.79 Å². The van der Waals surface area contributed by atoms with E-state index in [1.54, 1.807) is 37.5 Å². The highest BCUT2D eigenvalue weighted by Gasteiger charge is 2.33. The summed E-state index contributed by atoms with van der Waals surface area (Å²) in [5.41, 5.74) is 7.00. The molecule has 4 rings (SSSR count). The number of nitrogens with two attached hydrogens (primary N) is 1. The van der Waals surface area contributed by atoms with Crippen LogP contribution in [0.5, 0.6) is 5.88 Å². The van der Waals surface area contributed by atoms with Crippen LogP contribution in [0.3, 0.4) is 0 Å². The minimum Gasteiger partial charge on any atom is -0.474 e. The maximum absolute atomic E-state index is 13.1. The van der Waals surface area contributed by atoms with Gasteiger partial charge in [-0.3, -0.25) is 4.79 Å². The van der Waals surface area contributed by atoms with Gasteiger partial charge >= 0.3 is 0 Å². The molecule has 0 amide bonds. The third kappa shape index (κ3) is 5.65. The molecule has 1 atom stereocenters. The van der Waals surface area contributed by atoms with Crippen molar-refractivity contribution in [3.05, 3.63) is 60.9 Å². The molecule has 36 heavy (non-hydrogen) atoms. The summed E-state index contributed by atoms with van der Waals surface area (Å²) < 4.78 is 19.0. The minimum absolute atomic E-state index is 0.126. The number of fused-ring (bicyclic) bond motifs is 1. The molecule has 7 nitrogen and oxygen atoms in total. The fourth-order valence-electron chi connectivity index (χ4n) is 3.90. The lowest BCUT2D eigenvalue weighted by Gasteiger charge is -2.20. The second-order valence-corrected chi connectivity index (χ2v) is 10.9. The molecule has 3 aromatic rings. The molecule has 1 fully saturated rings. The van der Waals surface area contributed by atoms with Gasteiger partial charge in [-0.2, -0.15) is 0 Å². The fraction of sp³-hybridized carbons (Fsp3) is 0.385. The molecule has 190 valence electrons. The first-order valence-electron chi connectivity index (χ1n) is 11.2. The molecule has 0 aliphatic carbocycles. The van der Waals surface area contributed by atoms with Gasteiger partial charge < -0.3 is 24.5 Å². The molecule has 1 unspecified atom stereocenters. The highest BCUT2D eigenvalue weighted by molar-refractivity contribution is 6.38. The van der Waals surface area contributed by atoms with E-state index in [2.05, 4.69) is 16.8 Å². The van der Waals surface area contributed by atoms with Crippen molar-refractivity contribution in [2.45, 2.75) is 52.0 Å². The average Bonchev–Trinajstić information content (AvgIpc) is 3.11. The lowest BCUT2D eigenvalue weighted by molar-refractivity contribution is -0.141. The van der Waals surface area contributed by atoms with Crippen LogP contribution in [0.4, 0.5) is 0 Å². The highest BCUT2D eigenvalue weighted by Crippen LogP contribution is 2.37. The van der Waals surface area contributed by atoms with E-state index >= 15 is 0 Å². The summed E-state index contributed by atoms with van der Waals surface area (Å²) in [6, 6.07) is 4.84. The Bertz CT molecular complexity index is 1440. The van der Waals surface area contributed by atoms with Crippen molar-refractivity contribution in [2.24, 2.45) is 5.73 Å². The van der Waals surface area contributed by atoms with Crippen LogP contribution in [0, 0.1) is 18.8 Å². The summed E-state index contributed by atoms with van der Waals surface area (Å²) in [5, 5.41) is 1.08. The number of ether oxygens (including phenoxy) is 3. The Kier molecular flexibility index (Phi) is 7.33. The lowest BCUT2D eigenvalue weighted by atomic mass is 10.1. The summed E-state index contributed by atoms with van der Waals surface area (Å²) in [5.74, 6) is 5.38. The predicted octanol–water partition coefficient (Wildman–Crippen LogP) is 5.27. The minimum atomic E-state index is -0.697. The number of pyridine rings is 2. The van der Waals surface area contributed by atoms with Crippen molar-refractivity contribution in [1.29, 1.82) is 0 Å². The summed E-state index contributed by atoms with van der Waals surface area (Å²) >= 11 is 20.0. The zero-order valence-corrected chi connectivity index (χ0v) is 22.8. The number of rotatable bonds is 4. The van der Waals surface area contributed by atoms with Crippen LogP contribution in [-0.2, 0) is 9.47 Å². The largest absolute Gasteiger partial charge is 0.474 e. The fourth-order valence-corrected chi connectivity index (χ4v) is 4.79. The smallest absolute Gasteiger partial charge is 0.227 e. The SMILES string of the molecule is Cc1cc(=O)c2c(OCC3COC(C)(C)O3)ncc(Cl)c2n1-c1c(Cl)cc(C#CC(C)(C)N)cc1Cl. The van der Waals surface area contributed by atoms with Crippen LogP contribution in [-0.4, -0.2) is 40.2 Å². The number of aryl methyl sites for hydroxylation is 1. The van der Waals surface area contributed by atoms with E-state index in [4.69, 9.17) is 54.7 Å². The Morgan fingerprint density at radius 2 is 1.89 bits per heavy atom. The Hall–Kier alpha value is -2.31. The van der Waals surface area contributed by atoms with Crippen LogP contribution in [0.2, 0.25) is 15.1 Å². The van der Waals surface area contributed by atoms with Gasteiger partial charge in [0.05, 0.1) is 44.6 Å². The molecular weight excluding hydrogens is 525 g/mol. The molecule has 2 aromatic heterocycles. The zero-order chi connectivity index (χ0) is 26.4. The van der Waals surface area contributed by atoms with Crippen LogP contribution >= 0.6 is 34.8 Å². The highest BCUT2D eigenvalue weighted by atomic mass is 35.5. The van der Waals surface area contributed by atoms with Gasteiger partial charge in [0.15, 0.2) is 11.2 Å². The van der Waals surface area contributed by atoms with Gasteiger partial charge in [0.25, 0.3) is 0 Å². The Morgan fingerprint density at radius 3 is 2.47 bits per heavy atom. The number of hydrogen-bond donors (Lipinski definition) is 1. The Morgan fingerprint density at radius 1 is 1.22 bits per heavy atom. The monoisotopic (exact) mass is 549 g/mol. The quantitative estimate of drug-likeness (QED) is 0.445. The van der Waals surface area contributed by atoms with E-state index in [1.165, 1.54) is 12.3 Å². The Labute approximate surface area is 224 Å². The molecular formula is C26H26Cl3N3O4. The number of aromatic nitrogens is 2. The van der Waals surface area contributed by atoms with Crippen molar-refractivity contribution >= 4 is 45.7 Å². The summed E-state index contributed by atoms with van der Waals surface area (Å²) in [7, 11) is 0. The van der Waals surface area contributed by atoms with E-state index in [0.29, 0.717) is 39.1 Å². The van der Waals surface area contributed by atoms with Crippen LogP contribution in [0.25, 0.3) is 16.6 Å². The molecule has 3 heterocycles. The maximum atomic E-state index is 13.1. The molecule has 1 aliphatic rings. The second-order valence-electron chi connectivity index (χ2n) is 9.64. The molecule has 0 radical (unpaired) electrons. The van der Waals surface area contributed by atoms with Gasteiger partial charge in [0.2, 0.25) is 5.88 Å². The molecule has 0 saturated carbocycles. The number of nitrogens with zero attached hydrogens (tertiary/aromatic N) is 2. The van der Waals surface area contributed by atoms with Gasteiger partial charge in [-0.1, -0.05) is 46.6 Å². The van der Waals surface area contributed by atoms with Gasteiger partial charge in [-0.25, -0.2) is 4.98 Å². The van der Waals surface area contributed by atoms with Crippen molar-refractivity contribution in [1.82, 2.24) is 9.55 Å². The predicted molar refractivity (Wildman–Crippen MR) is 143 cm³/mol. The number of halogens is 3. The average molecular weight is 551 g/mol. The molecule has 1 saturated heterocycles. The van der Waals surface area contributed by atoms with Crippen LogP contribution < -0.4 is 15.9 Å². The normalized spacial score (nSPS) is 17.2. The van der Waals surface area contributed by atoms with Gasteiger partial charge in [0, 0.05) is 17.3 Å². The van der Waals surface area contributed by atoms with Gasteiger partial charge in [-0.15, -0.1) is 0 Å². The first kappa shape index (κ1) is 26.7. The number of benzene rings is 1. The third-order valence-electron chi connectivity index (χ3n) is 5.38. The standard InChI is InChI=1S/C26H26Cl3N3O4/c1-14-8-20(33)21-23(19(29)11-31-24(21)34-12-16-13-35-26(4,5)36-16)32(14)22-17(27)9-15(10-18(22)28)6-7-25(2,3)30/h8-11,16H,12-13,30H2,1-5H3. The van der Waals surface area contributed by atoms with E-state index in [0.717, 1.165) is 0 Å². The molecule has 0 spiro atoms. The topological polar surface area (TPSA) is 88.6 Å². The molecule has 1 aromatic carbocycles. The second kappa shape index (κ2) is 9.86.